The summed E-state index contributed by atoms with van der Waals surface area (Å²) in [5.74, 6) is 2.09. The lowest BCUT2D eigenvalue weighted by atomic mass is 9.88. The Morgan fingerprint density at radius 3 is 2.74 bits per heavy atom. The Morgan fingerprint density at radius 1 is 1.16 bits per heavy atom. The highest BCUT2D eigenvalue weighted by Crippen LogP contribution is 2.32. The lowest BCUT2D eigenvalue weighted by molar-refractivity contribution is 0.283. The summed E-state index contributed by atoms with van der Waals surface area (Å²) in [6, 6.07) is 0.793. The zero-order valence-corrected chi connectivity index (χ0v) is 12.2. The minimum atomic E-state index is 0.727. The Bertz CT molecular complexity index is 392. The molecule has 1 aliphatic heterocycles. The monoisotopic (exact) mass is 261 g/mol. The molecule has 1 unspecified atom stereocenters. The molecule has 106 valence electrons. The van der Waals surface area contributed by atoms with E-state index < -0.39 is 0 Å². The molecule has 2 aliphatic rings. The maximum absolute atomic E-state index is 4.65. The molecule has 0 aromatic carbocycles. The second kappa shape index (κ2) is 6.08. The number of rotatable bonds is 4. The molecule has 3 rings (SSSR count). The van der Waals surface area contributed by atoms with Gasteiger partial charge < -0.3 is 9.47 Å². The van der Waals surface area contributed by atoms with Gasteiger partial charge in [-0.15, -0.1) is 0 Å². The van der Waals surface area contributed by atoms with Crippen LogP contribution in [-0.2, 0) is 6.54 Å². The lowest BCUT2D eigenvalue weighted by Crippen LogP contribution is -2.26. The molecule has 0 bridgehead atoms. The van der Waals surface area contributed by atoms with Gasteiger partial charge in [0.25, 0.3) is 0 Å². The van der Waals surface area contributed by atoms with Crippen molar-refractivity contribution in [1.82, 2.24) is 14.5 Å². The highest BCUT2D eigenvalue weighted by Gasteiger charge is 2.23. The van der Waals surface area contributed by atoms with Crippen molar-refractivity contribution >= 4 is 0 Å². The van der Waals surface area contributed by atoms with Gasteiger partial charge in [-0.25, -0.2) is 4.98 Å². The normalized spacial score (nSPS) is 26.1. The summed E-state index contributed by atoms with van der Waals surface area (Å²) < 4.78 is 2.43. The van der Waals surface area contributed by atoms with Crippen LogP contribution >= 0.6 is 0 Å². The van der Waals surface area contributed by atoms with E-state index >= 15 is 0 Å². The molecule has 3 nitrogen and oxygen atoms in total. The number of likely N-dealkylation sites (tertiary alicyclic amines) is 1. The van der Waals surface area contributed by atoms with Gasteiger partial charge in [0.15, 0.2) is 0 Å². The van der Waals surface area contributed by atoms with Crippen molar-refractivity contribution in [3.8, 4) is 0 Å². The van der Waals surface area contributed by atoms with Crippen molar-refractivity contribution in [2.24, 2.45) is 0 Å². The molecule has 1 atom stereocenters. The van der Waals surface area contributed by atoms with E-state index in [0.29, 0.717) is 0 Å². The summed E-state index contributed by atoms with van der Waals surface area (Å²) in [5, 5.41) is 0. The van der Waals surface area contributed by atoms with E-state index in [1.807, 2.05) is 6.20 Å². The van der Waals surface area contributed by atoms with Gasteiger partial charge in [0, 0.05) is 30.9 Å². The fraction of sp³-hybridized carbons (Fsp3) is 0.812. The second-order valence-corrected chi connectivity index (χ2v) is 6.38. The zero-order valence-electron chi connectivity index (χ0n) is 12.2. The maximum atomic E-state index is 4.65. The Labute approximate surface area is 117 Å². The molecular weight excluding hydrogens is 234 g/mol. The second-order valence-electron chi connectivity index (χ2n) is 6.38. The average Bonchev–Trinajstić information content (AvgIpc) is 3.06. The van der Waals surface area contributed by atoms with Gasteiger partial charge in [0.1, 0.15) is 5.82 Å². The smallest absolute Gasteiger partial charge is 0.111 e. The summed E-state index contributed by atoms with van der Waals surface area (Å²) in [6.07, 6.45) is 15.1. The number of hydrogen-bond acceptors (Lipinski definition) is 2. The van der Waals surface area contributed by atoms with Crippen molar-refractivity contribution in [3.05, 3.63) is 18.2 Å². The van der Waals surface area contributed by atoms with Gasteiger partial charge in [-0.05, 0) is 45.7 Å². The predicted octanol–water partition coefficient (Wildman–Crippen LogP) is 3.42. The lowest BCUT2D eigenvalue weighted by Gasteiger charge is -2.24. The third-order valence-corrected chi connectivity index (χ3v) is 5.09. The van der Waals surface area contributed by atoms with Gasteiger partial charge in [-0.1, -0.05) is 19.3 Å². The van der Waals surface area contributed by atoms with Crippen LogP contribution in [0.1, 0.15) is 63.1 Å². The van der Waals surface area contributed by atoms with Gasteiger partial charge >= 0.3 is 0 Å². The van der Waals surface area contributed by atoms with Crippen LogP contribution in [0.4, 0.5) is 0 Å². The third kappa shape index (κ3) is 3.02. The van der Waals surface area contributed by atoms with Crippen LogP contribution in [0.25, 0.3) is 0 Å². The Kier molecular flexibility index (Phi) is 4.21. The van der Waals surface area contributed by atoms with Gasteiger partial charge in [-0.2, -0.15) is 0 Å². The van der Waals surface area contributed by atoms with E-state index in [4.69, 9.17) is 0 Å². The van der Waals surface area contributed by atoms with E-state index in [1.54, 1.807) is 0 Å². The molecule has 0 radical (unpaired) electrons. The number of imidazole rings is 1. The van der Waals surface area contributed by atoms with Crippen LogP contribution in [0.15, 0.2) is 12.4 Å². The molecule has 0 N–H and O–H groups in total. The van der Waals surface area contributed by atoms with E-state index in [9.17, 15) is 0 Å². The van der Waals surface area contributed by atoms with Crippen molar-refractivity contribution < 1.29 is 0 Å². The maximum Gasteiger partial charge on any atom is 0.111 e. The quantitative estimate of drug-likeness (QED) is 0.828. The fourth-order valence-corrected chi connectivity index (χ4v) is 3.86. The first-order valence-corrected chi connectivity index (χ1v) is 8.06. The van der Waals surface area contributed by atoms with Crippen molar-refractivity contribution in [2.75, 3.05) is 13.6 Å². The highest BCUT2D eigenvalue weighted by molar-refractivity contribution is 5.02. The average molecular weight is 261 g/mol. The van der Waals surface area contributed by atoms with Crippen LogP contribution in [0.3, 0.4) is 0 Å². The number of aromatic nitrogens is 2. The molecule has 0 spiro atoms. The topological polar surface area (TPSA) is 21.1 Å². The molecule has 1 saturated carbocycles. The Balaban J connectivity index is 1.60. The minimum Gasteiger partial charge on any atom is -0.335 e. The first-order valence-electron chi connectivity index (χ1n) is 8.06. The summed E-state index contributed by atoms with van der Waals surface area (Å²) in [4.78, 5) is 7.18. The van der Waals surface area contributed by atoms with E-state index in [0.717, 1.165) is 18.5 Å². The summed E-state index contributed by atoms with van der Waals surface area (Å²) >= 11 is 0. The molecule has 3 heteroatoms. The number of aryl methyl sites for hydroxylation is 1. The highest BCUT2D eigenvalue weighted by atomic mass is 15.2. The van der Waals surface area contributed by atoms with Crippen LogP contribution in [-0.4, -0.2) is 34.1 Å². The SMILES string of the molecule is CN1CCCC1CCn1ccnc1C1CCCCC1. The first-order chi connectivity index (χ1) is 9.34. The molecule has 1 aromatic rings. The zero-order chi connectivity index (χ0) is 13.1. The van der Waals surface area contributed by atoms with E-state index in [1.165, 1.54) is 63.7 Å². The molecule has 19 heavy (non-hydrogen) atoms. The molecule has 1 aromatic heterocycles. The molecule has 1 saturated heterocycles. The molecule has 1 aliphatic carbocycles. The Morgan fingerprint density at radius 2 is 2.00 bits per heavy atom. The minimum absolute atomic E-state index is 0.727. The summed E-state index contributed by atoms with van der Waals surface area (Å²) in [5.41, 5.74) is 0. The van der Waals surface area contributed by atoms with Crippen molar-refractivity contribution in [3.63, 3.8) is 0 Å². The summed E-state index contributed by atoms with van der Waals surface area (Å²) in [7, 11) is 2.27. The third-order valence-electron chi connectivity index (χ3n) is 5.09. The fourth-order valence-electron chi connectivity index (χ4n) is 3.86. The molecule has 2 fully saturated rings. The number of nitrogens with zero attached hydrogens (tertiary/aromatic N) is 3. The number of hydrogen-bond donors (Lipinski definition) is 0. The largest absolute Gasteiger partial charge is 0.335 e. The first kappa shape index (κ1) is 13.2. The summed E-state index contributed by atoms with van der Waals surface area (Å²) in [6.45, 7) is 2.44. The van der Waals surface area contributed by atoms with Crippen LogP contribution in [0.2, 0.25) is 0 Å². The standard InChI is InChI=1S/C16H27N3/c1-18-11-5-8-15(18)9-12-19-13-10-17-16(19)14-6-3-2-4-7-14/h10,13-15H,2-9,11-12H2,1H3. The van der Waals surface area contributed by atoms with E-state index in [-0.39, 0.29) is 0 Å². The molecule has 0 amide bonds. The van der Waals surface area contributed by atoms with Gasteiger partial charge in [0.2, 0.25) is 0 Å². The van der Waals surface area contributed by atoms with Gasteiger partial charge in [-0.3, -0.25) is 0 Å². The van der Waals surface area contributed by atoms with Crippen molar-refractivity contribution in [2.45, 2.75) is 69.9 Å². The van der Waals surface area contributed by atoms with Crippen LogP contribution in [0, 0.1) is 0 Å². The van der Waals surface area contributed by atoms with E-state index in [2.05, 4.69) is 27.7 Å². The molecular formula is C16H27N3. The van der Waals surface area contributed by atoms with Crippen molar-refractivity contribution in [1.29, 1.82) is 0 Å². The van der Waals surface area contributed by atoms with Crippen LogP contribution < -0.4 is 0 Å². The Hall–Kier alpha value is -0.830. The van der Waals surface area contributed by atoms with Gasteiger partial charge in [0.05, 0.1) is 0 Å². The van der Waals surface area contributed by atoms with Crippen LogP contribution in [0.5, 0.6) is 0 Å². The molecule has 2 heterocycles. The predicted molar refractivity (Wildman–Crippen MR) is 78.3 cm³/mol.